The third-order valence-electron chi connectivity index (χ3n) is 4.98. The van der Waals surface area contributed by atoms with Crippen LogP contribution in [0.1, 0.15) is 32.6 Å². The van der Waals surface area contributed by atoms with Gasteiger partial charge in [-0.15, -0.1) is 0 Å². The van der Waals surface area contributed by atoms with Gasteiger partial charge in [0.1, 0.15) is 12.2 Å². The highest BCUT2D eigenvalue weighted by atomic mass is 16.7. The number of fused-ring (bicyclic) bond motifs is 1. The van der Waals surface area contributed by atoms with E-state index < -0.39 is 24.6 Å². The Morgan fingerprint density at radius 3 is 2.83 bits per heavy atom. The first-order valence-corrected chi connectivity index (χ1v) is 8.14. The third kappa shape index (κ3) is 3.59. The van der Waals surface area contributed by atoms with Crippen molar-refractivity contribution >= 4 is 5.97 Å². The van der Waals surface area contributed by atoms with Crippen molar-refractivity contribution in [2.75, 3.05) is 6.61 Å². The average molecular weight is 328 g/mol. The van der Waals surface area contributed by atoms with Crippen molar-refractivity contribution < 1.29 is 34.3 Å². The van der Waals surface area contributed by atoms with Gasteiger partial charge >= 0.3 is 5.97 Å². The second-order valence-electron chi connectivity index (χ2n) is 6.64. The SMILES string of the molecule is CC1=CC(=O)OC2CC(O[C@@H]3O[C@H](CO)C[C@H](O)[C@H]3O)CCC12. The number of esters is 1. The smallest absolute Gasteiger partial charge is 0.330 e. The summed E-state index contributed by atoms with van der Waals surface area (Å²) in [5, 5.41) is 29.1. The number of aliphatic hydroxyl groups is 3. The molecule has 2 aliphatic heterocycles. The summed E-state index contributed by atoms with van der Waals surface area (Å²) in [4.78, 5) is 11.5. The van der Waals surface area contributed by atoms with Crippen molar-refractivity contribution in [2.24, 2.45) is 5.92 Å². The van der Waals surface area contributed by atoms with Crippen molar-refractivity contribution in [2.45, 2.75) is 69.4 Å². The second-order valence-corrected chi connectivity index (χ2v) is 6.64. The zero-order valence-corrected chi connectivity index (χ0v) is 13.1. The molecule has 7 atom stereocenters. The minimum absolute atomic E-state index is 0.175. The van der Waals surface area contributed by atoms with Crippen LogP contribution in [0.5, 0.6) is 0 Å². The van der Waals surface area contributed by atoms with Crippen molar-refractivity contribution in [1.82, 2.24) is 0 Å². The summed E-state index contributed by atoms with van der Waals surface area (Å²) in [6.45, 7) is 1.70. The van der Waals surface area contributed by atoms with Gasteiger partial charge in [-0.1, -0.05) is 5.57 Å². The summed E-state index contributed by atoms with van der Waals surface area (Å²) >= 11 is 0. The number of hydrogen-bond acceptors (Lipinski definition) is 7. The number of aliphatic hydroxyl groups excluding tert-OH is 3. The average Bonchev–Trinajstić information content (AvgIpc) is 2.51. The molecule has 3 unspecified atom stereocenters. The molecule has 2 heterocycles. The van der Waals surface area contributed by atoms with E-state index in [1.807, 2.05) is 6.92 Å². The van der Waals surface area contributed by atoms with Gasteiger partial charge in [-0.25, -0.2) is 4.79 Å². The maximum absolute atomic E-state index is 11.5. The molecule has 0 aromatic rings. The van der Waals surface area contributed by atoms with Crippen LogP contribution in [-0.2, 0) is 19.0 Å². The summed E-state index contributed by atoms with van der Waals surface area (Å²) in [5.74, 6) is -0.102. The van der Waals surface area contributed by atoms with Crippen LogP contribution in [0.3, 0.4) is 0 Å². The molecule has 2 fully saturated rings. The van der Waals surface area contributed by atoms with Crippen LogP contribution in [0.15, 0.2) is 11.6 Å². The van der Waals surface area contributed by atoms with Gasteiger partial charge in [0.05, 0.1) is 24.9 Å². The van der Waals surface area contributed by atoms with Gasteiger partial charge in [0, 0.05) is 24.8 Å². The van der Waals surface area contributed by atoms with Gasteiger partial charge in [0.25, 0.3) is 0 Å². The maximum atomic E-state index is 11.5. The Balaban J connectivity index is 1.61. The van der Waals surface area contributed by atoms with Crippen LogP contribution in [-0.4, -0.2) is 64.7 Å². The molecule has 7 nitrogen and oxygen atoms in total. The number of carbonyl (C=O) groups excluding carboxylic acids is 1. The lowest BCUT2D eigenvalue weighted by Crippen LogP contribution is -2.52. The molecule has 23 heavy (non-hydrogen) atoms. The molecular formula is C16H24O7. The highest BCUT2D eigenvalue weighted by molar-refractivity contribution is 5.84. The Hall–Kier alpha value is -0.990. The zero-order chi connectivity index (χ0) is 16.6. The highest BCUT2D eigenvalue weighted by Crippen LogP contribution is 2.37. The lowest BCUT2D eigenvalue weighted by molar-refractivity contribution is -0.289. The molecule has 1 aliphatic carbocycles. The molecule has 1 saturated carbocycles. The van der Waals surface area contributed by atoms with Gasteiger partial charge in [-0.05, 0) is 19.8 Å². The topological polar surface area (TPSA) is 105 Å². The Kier molecular flexibility index (Phi) is 5.03. The monoisotopic (exact) mass is 328 g/mol. The molecule has 0 amide bonds. The standard InChI is InChI=1S/C16H24O7/c1-8-4-14(19)23-13-6-9(2-3-11(8)13)21-16-15(20)12(18)5-10(7-17)22-16/h4,9-13,15-18,20H,2-3,5-7H2,1H3/t9?,10-,11?,12-,13?,15+,16+/m0/s1. The van der Waals surface area contributed by atoms with Crippen LogP contribution in [0.4, 0.5) is 0 Å². The van der Waals surface area contributed by atoms with E-state index in [4.69, 9.17) is 14.2 Å². The summed E-state index contributed by atoms with van der Waals surface area (Å²) in [5.41, 5.74) is 1.04. The predicted molar refractivity (Wildman–Crippen MR) is 78.2 cm³/mol. The second kappa shape index (κ2) is 6.86. The van der Waals surface area contributed by atoms with Crippen LogP contribution in [0, 0.1) is 5.92 Å². The zero-order valence-electron chi connectivity index (χ0n) is 13.1. The summed E-state index contributed by atoms with van der Waals surface area (Å²) < 4.78 is 16.7. The largest absolute Gasteiger partial charge is 0.458 e. The van der Waals surface area contributed by atoms with Crippen LogP contribution in [0.25, 0.3) is 0 Å². The van der Waals surface area contributed by atoms with E-state index in [-0.39, 0.29) is 37.1 Å². The Bertz CT molecular complexity index is 477. The van der Waals surface area contributed by atoms with E-state index in [1.54, 1.807) is 6.08 Å². The molecule has 3 N–H and O–H groups in total. The molecule has 0 aromatic carbocycles. The van der Waals surface area contributed by atoms with Crippen LogP contribution in [0.2, 0.25) is 0 Å². The van der Waals surface area contributed by atoms with Crippen molar-refractivity contribution in [3.05, 3.63) is 11.6 Å². The fraction of sp³-hybridized carbons (Fsp3) is 0.812. The van der Waals surface area contributed by atoms with Gasteiger partial charge < -0.3 is 29.5 Å². The van der Waals surface area contributed by atoms with Gasteiger partial charge in [-0.2, -0.15) is 0 Å². The lowest BCUT2D eigenvalue weighted by atomic mass is 9.79. The number of ether oxygens (including phenoxy) is 3. The fourth-order valence-electron chi connectivity index (χ4n) is 3.68. The molecule has 7 heteroatoms. The van der Waals surface area contributed by atoms with Crippen LogP contribution >= 0.6 is 0 Å². The first-order valence-electron chi connectivity index (χ1n) is 8.14. The predicted octanol–water partition coefficient (Wildman–Crippen LogP) is -0.128. The van der Waals surface area contributed by atoms with E-state index in [2.05, 4.69) is 0 Å². The molecule has 0 spiro atoms. The molecule has 0 aromatic heterocycles. The first kappa shape index (κ1) is 16.9. The first-order chi connectivity index (χ1) is 11.0. The van der Waals surface area contributed by atoms with Gasteiger partial charge in [-0.3, -0.25) is 0 Å². The lowest BCUT2D eigenvalue weighted by Gasteiger charge is -2.42. The Morgan fingerprint density at radius 1 is 1.30 bits per heavy atom. The normalized spacial score (nSPS) is 44.3. The van der Waals surface area contributed by atoms with Crippen LogP contribution < -0.4 is 0 Å². The summed E-state index contributed by atoms with van der Waals surface area (Å²) in [6, 6.07) is 0. The minimum Gasteiger partial charge on any atom is -0.458 e. The number of rotatable bonds is 3. The minimum atomic E-state index is -1.15. The maximum Gasteiger partial charge on any atom is 0.330 e. The summed E-state index contributed by atoms with van der Waals surface area (Å²) in [7, 11) is 0. The summed E-state index contributed by atoms with van der Waals surface area (Å²) in [6.07, 6.45) is -0.256. The number of carbonyl (C=O) groups is 1. The third-order valence-corrected chi connectivity index (χ3v) is 4.98. The highest BCUT2D eigenvalue weighted by Gasteiger charge is 2.42. The molecule has 130 valence electrons. The van der Waals surface area contributed by atoms with Crippen molar-refractivity contribution in [1.29, 1.82) is 0 Å². The van der Waals surface area contributed by atoms with Crippen molar-refractivity contribution in [3.8, 4) is 0 Å². The Morgan fingerprint density at radius 2 is 2.09 bits per heavy atom. The van der Waals surface area contributed by atoms with Crippen molar-refractivity contribution in [3.63, 3.8) is 0 Å². The van der Waals surface area contributed by atoms with Gasteiger partial charge in [0.15, 0.2) is 6.29 Å². The fourth-order valence-corrected chi connectivity index (χ4v) is 3.68. The van der Waals surface area contributed by atoms with E-state index in [1.165, 1.54) is 0 Å². The molecule has 0 bridgehead atoms. The Labute approximate surface area is 134 Å². The number of hydrogen-bond donors (Lipinski definition) is 3. The van der Waals surface area contributed by atoms with E-state index >= 15 is 0 Å². The van der Waals surface area contributed by atoms with Gasteiger partial charge in [0.2, 0.25) is 0 Å². The quantitative estimate of drug-likeness (QED) is 0.620. The van der Waals surface area contributed by atoms with E-state index in [9.17, 15) is 20.1 Å². The molecule has 3 rings (SSSR count). The van der Waals surface area contributed by atoms with E-state index in [0.29, 0.717) is 6.42 Å². The molecular weight excluding hydrogens is 304 g/mol. The molecule has 1 saturated heterocycles. The molecule has 0 radical (unpaired) electrons. The molecule has 3 aliphatic rings. The van der Waals surface area contributed by atoms with E-state index in [0.717, 1.165) is 18.4 Å².